The van der Waals surface area contributed by atoms with E-state index in [4.69, 9.17) is 9.72 Å². The van der Waals surface area contributed by atoms with Crippen molar-refractivity contribution in [3.63, 3.8) is 0 Å². The zero-order valence-corrected chi connectivity index (χ0v) is 42.3. The fourth-order valence-electron chi connectivity index (χ4n) is 10.3. The van der Waals surface area contributed by atoms with Gasteiger partial charge < -0.3 is 14.5 Å². The number of aryl methyl sites for hydroxylation is 1. The first-order valence-electron chi connectivity index (χ1n) is 24.2. The van der Waals surface area contributed by atoms with Crippen LogP contribution in [0.4, 0.5) is 11.4 Å². The molecule has 11 rings (SSSR count). The molecule has 0 N–H and O–H groups in total. The monoisotopic (exact) mass is 920 g/mol. The second-order valence-electron chi connectivity index (χ2n) is 21.8. The molecule has 0 fully saturated rings. The maximum atomic E-state index is 7.00. The molecule has 3 aromatic heterocycles. The van der Waals surface area contributed by atoms with Gasteiger partial charge in [0.1, 0.15) is 24.0 Å². The minimum Gasteiger partial charge on any atom is -0.457 e. The van der Waals surface area contributed by atoms with Gasteiger partial charge >= 0.3 is 0 Å². The molecule has 0 atom stereocenters. The highest BCUT2D eigenvalue weighted by molar-refractivity contribution is 7.26. The smallest absolute Gasteiger partial charge is 0.137 e. The molecule has 0 bridgehead atoms. The number of rotatable bonds is 7. The average Bonchev–Trinajstić information content (AvgIpc) is 4.01. The molecule has 1 aliphatic heterocycles. The first-order valence-corrected chi connectivity index (χ1v) is 25.0. The zero-order chi connectivity index (χ0) is 48.0. The van der Waals surface area contributed by atoms with Gasteiger partial charge in [-0.2, -0.15) is 0 Å². The van der Waals surface area contributed by atoms with Gasteiger partial charge in [0.15, 0.2) is 0 Å². The molecule has 6 heteroatoms. The van der Waals surface area contributed by atoms with Crippen LogP contribution in [0.2, 0.25) is 0 Å². The number of pyridine rings is 1. The first-order chi connectivity index (χ1) is 33.0. The highest BCUT2D eigenvalue weighted by atomic mass is 32.1. The summed E-state index contributed by atoms with van der Waals surface area (Å²) in [6, 6.07) is 59.5. The van der Waals surface area contributed by atoms with E-state index >= 15 is 0 Å². The highest BCUT2D eigenvalue weighted by Gasteiger charge is 2.37. The Morgan fingerprint density at radius 1 is 0.522 bits per heavy atom. The molecule has 7 aromatic carbocycles. The number of ether oxygens (including phenoxy) is 1. The topological polar surface area (TPSA) is 33.5 Å². The van der Waals surface area contributed by atoms with Gasteiger partial charge in [-0.1, -0.05) is 165 Å². The number of anilines is 2. The van der Waals surface area contributed by atoms with E-state index in [-0.39, 0.29) is 16.2 Å². The molecule has 0 radical (unpaired) electrons. The summed E-state index contributed by atoms with van der Waals surface area (Å²) in [6.45, 7) is 23.7. The van der Waals surface area contributed by atoms with Crippen molar-refractivity contribution in [3.8, 4) is 17.3 Å². The Labute approximate surface area is 410 Å². The average molecular weight is 921 g/mol. The second kappa shape index (κ2) is 16.5. The van der Waals surface area contributed by atoms with Gasteiger partial charge in [-0.15, -0.1) is 11.3 Å². The van der Waals surface area contributed by atoms with Crippen molar-refractivity contribution in [1.82, 2.24) is 9.55 Å². The molecule has 69 heavy (non-hydrogen) atoms. The van der Waals surface area contributed by atoms with Crippen molar-refractivity contribution in [2.45, 2.75) is 85.5 Å². The lowest BCUT2D eigenvalue weighted by atomic mass is 9.78. The van der Waals surface area contributed by atoms with E-state index in [1.807, 2.05) is 17.5 Å². The van der Waals surface area contributed by atoms with Gasteiger partial charge in [0.05, 0.1) is 22.4 Å². The minimum atomic E-state index is -0.112. The van der Waals surface area contributed by atoms with Crippen LogP contribution < -0.4 is 14.5 Å². The van der Waals surface area contributed by atoms with E-state index in [1.165, 1.54) is 70.3 Å². The molecule has 344 valence electrons. The Kier molecular flexibility index (Phi) is 10.6. The van der Waals surface area contributed by atoms with Crippen molar-refractivity contribution in [1.29, 1.82) is 0 Å². The molecule has 10 aromatic rings. The molecule has 0 unspecified atom stereocenters. The molecule has 4 heterocycles. The fraction of sp³-hybridized carbons (Fsp3) is 0.222. The number of nitrogens with zero attached hydrogens (tertiary/aromatic N) is 4. The van der Waals surface area contributed by atoms with E-state index in [0.29, 0.717) is 6.67 Å². The van der Waals surface area contributed by atoms with E-state index in [2.05, 4.69) is 247 Å². The molecule has 0 amide bonds. The molecule has 0 aliphatic carbocycles. The normalized spacial score (nSPS) is 13.8. The van der Waals surface area contributed by atoms with Gasteiger partial charge in [-0.05, 0) is 94.0 Å². The lowest BCUT2D eigenvalue weighted by molar-refractivity contribution is 0.483. The summed E-state index contributed by atoms with van der Waals surface area (Å²) in [5, 5.41) is 4.88. The number of hydrogen-bond donors (Lipinski definition) is 0. The predicted octanol–water partition coefficient (Wildman–Crippen LogP) is 17.3. The summed E-state index contributed by atoms with van der Waals surface area (Å²) < 4.78 is 11.9. The van der Waals surface area contributed by atoms with E-state index < -0.39 is 0 Å². The Bertz CT molecular complexity index is 3630. The first kappa shape index (κ1) is 44.4. The van der Waals surface area contributed by atoms with Crippen LogP contribution in [0.5, 0.6) is 11.5 Å². The lowest BCUT2D eigenvalue weighted by Gasteiger charge is -2.34. The largest absolute Gasteiger partial charge is 0.457 e. The van der Waals surface area contributed by atoms with Crippen LogP contribution >= 0.6 is 11.3 Å². The van der Waals surface area contributed by atoms with Crippen LogP contribution in [0.15, 0.2) is 170 Å². The zero-order valence-electron chi connectivity index (χ0n) is 41.5. The van der Waals surface area contributed by atoms with Crippen LogP contribution in [0.25, 0.3) is 59.2 Å². The minimum absolute atomic E-state index is 0.00873. The third-order valence-electron chi connectivity index (χ3n) is 13.8. The van der Waals surface area contributed by atoms with Crippen LogP contribution in [-0.2, 0) is 16.2 Å². The van der Waals surface area contributed by atoms with Gasteiger partial charge in [-0.25, -0.2) is 4.98 Å². The maximum absolute atomic E-state index is 7.00. The standard InChI is InChI=1S/C63H60N4OS/c1-40-34-44(62(5,6)7)35-51(63(8,9)10)57(40)66-39-65(58(41-20-13-11-14-21-41)59(66)42-22-15-12-16-23-42)45-24-19-25-46(37-45)68-47-28-29-48-49-30-31-54-56(50-26-17-18-27-53(50)69-54)60(49)67(52(48)38-47)55-36-43(32-33-64-55)61(2,3)4/h11-38H,39H2,1-10H3. The molecular weight excluding hydrogens is 861 g/mol. The maximum Gasteiger partial charge on any atom is 0.137 e. The number of thiophene rings is 1. The second-order valence-corrected chi connectivity index (χ2v) is 22.9. The van der Waals surface area contributed by atoms with Gasteiger partial charge in [0, 0.05) is 71.8 Å². The van der Waals surface area contributed by atoms with Gasteiger partial charge in [-0.3, -0.25) is 4.57 Å². The van der Waals surface area contributed by atoms with Crippen molar-refractivity contribution >= 4 is 76.1 Å². The summed E-state index contributed by atoms with van der Waals surface area (Å²) in [6.07, 6.45) is 1.96. The molecule has 0 saturated heterocycles. The highest BCUT2D eigenvalue weighted by Crippen LogP contribution is 2.49. The number of hydrogen-bond acceptors (Lipinski definition) is 5. The molecule has 0 spiro atoms. The number of fused-ring (bicyclic) bond motifs is 7. The van der Waals surface area contributed by atoms with Crippen LogP contribution in [0.1, 0.15) is 95.7 Å². The van der Waals surface area contributed by atoms with E-state index in [9.17, 15) is 0 Å². The summed E-state index contributed by atoms with van der Waals surface area (Å²) in [4.78, 5) is 10.1. The molecule has 1 aliphatic rings. The molecule has 5 nitrogen and oxygen atoms in total. The SMILES string of the molecule is Cc1cc(C(C)(C)C)cc(C(C)(C)C)c1N1CN(c2cccc(Oc3ccc4c5ccc6sc7ccccc7c6c5n(-c5cc(C(C)(C)C)ccn5)c4c3)c2)C(c2ccccc2)=C1c1ccccc1. The summed E-state index contributed by atoms with van der Waals surface area (Å²) in [7, 11) is 0. The Morgan fingerprint density at radius 3 is 1.87 bits per heavy atom. The summed E-state index contributed by atoms with van der Waals surface area (Å²) >= 11 is 1.85. The Hall–Kier alpha value is -7.15. The molecule has 0 saturated carbocycles. The molecular formula is C63H60N4OS. The van der Waals surface area contributed by atoms with Crippen molar-refractivity contribution in [2.24, 2.45) is 0 Å². The van der Waals surface area contributed by atoms with Crippen molar-refractivity contribution in [3.05, 3.63) is 203 Å². The van der Waals surface area contributed by atoms with Crippen LogP contribution in [-0.4, -0.2) is 16.2 Å². The predicted molar refractivity (Wildman–Crippen MR) is 295 cm³/mol. The van der Waals surface area contributed by atoms with Crippen LogP contribution in [0, 0.1) is 6.92 Å². The van der Waals surface area contributed by atoms with Crippen molar-refractivity contribution in [2.75, 3.05) is 16.5 Å². The Balaban J connectivity index is 1.07. The van der Waals surface area contributed by atoms with Crippen molar-refractivity contribution < 1.29 is 4.74 Å². The van der Waals surface area contributed by atoms with Gasteiger partial charge in [0.25, 0.3) is 0 Å². The summed E-state index contributed by atoms with van der Waals surface area (Å²) in [5.41, 5.74) is 14.2. The number of benzene rings is 7. The van der Waals surface area contributed by atoms with E-state index in [1.54, 1.807) is 0 Å². The third-order valence-corrected chi connectivity index (χ3v) is 15.0. The Morgan fingerprint density at radius 2 is 1.17 bits per heavy atom. The third kappa shape index (κ3) is 7.85. The quantitative estimate of drug-likeness (QED) is 0.159. The van der Waals surface area contributed by atoms with Crippen LogP contribution in [0.3, 0.4) is 0 Å². The van der Waals surface area contributed by atoms with Gasteiger partial charge in [0.2, 0.25) is 0 Å². The number of aromatic nitrogens is 2. The van der Waals surface area contributed by atoms with E-state index in [0.717, 1.165) is 45.2 Å². The summed E-state index contributed by atoms with van der Waals surface area (Å²) in [5.74, 6) is 2.43. The lowest BCUT2D eigenvalue weighted by Crippen LogP contribution is -2.30. The fourth-order valence-corrected chi connectivity index (χ4v) is 11.4.